The summed E-state index contributed by atoms with van der Waals surface area (Å²) in [4.78, 5) is 0. The van der Waals surface area contributed by atoms with Crippen molar-refractivity contribution in [2.75, 3.05) is 5.73 Å². The molecule has 0 aliphatic rings. The maximum atomic E-state index is 13.4. The van der Waals surface area contributed by atoms with E-state index < -0.39 is 11.6 Å². The zero-order valence-corrected chi connectivity index (χ0v) is 9.80. The van der Waals surface area contributed by atoms with Crippen LogP contribution in [-0.2, 0) is 6.54 Å². The van der Waals surface area contributed by atoms with E-state index in [1.165, 1.54) is 4.68 Å². The Morgan fingerprint density at radius 3 is 2.71 bits per heavy atom. The average molecular weight is 258 g/mol. The largest absolute Gasteiger partial charge is 0.383 e. The standard InChI is InChI=1S/C11H10ClF2N3/c1-6-10(12)11(15)17(16-6)5-7-4-8(13)2-3-9(7)14/h2-4H,5,15H2,1H3. The summed E-state index contributed by atoms with van der Waals surface area (Å²) in [6.45, 7) is 1.74. The van der Waals surface area contributed by atoms with Crippen molar-refractivity contribution in [1.82, 2.24) is 9.78 Å². The van der Waals surface area contributed by atoms with Gasteiger partial charge in [-0.15, -0.1) is 0 Å². The van der Waals surface area contributed by atoms with Crippen molar-refractivity contribution < 1.29 is 8.78 Å². The van der Waals surface area contributed by atoms with Crippen LogP contribution in [0.4, 0.5) is 14.6 Å². The van der Waals surface area contributed by atoms with Crippen LogP contribution in [0.15, 0.2) is 18.2 Å². The smallest absolute Gasteiger partial charge is 0.141 e. The Morgan fingerprint density at radius 1 is 1.41 bits per heavy atom. The van der Waals surface area contributed by atoms with Crippen molar-refractivity contribution in [1.29, 1.82) is 0 Å². The minimum absolute atomic E-state index is 0.0446. The molecule has 0 unspecified atom stereocenters. The van der Waals surface area contributed by atoms with Gasteiger partial charge in [-0.2, -0.15) is 5.10 Å². The molecule has 0 aliphatic carbocycles. The highest BCUT2D eigenvalue weighted by molar-refractivity contribution is 6.33. The summed E-state index contributed by atoms with van der Waals surface area (Å²) in [5.41, 5.74) is 6.42. The molecule has 0 fully saturated rings. The third-order valence-corrected chi connectivity index (χ3v) is 2.89. The van der Waals surface area contributed by atoms with Crippen molar-refractivity contribution in [3.05, 3.63) is 46.1 Å². The normalized spacial score (nSPS) is 10.8. The minimum Gasteiger partial charge on any atom is -0.383 e. The molecule has 1 heterocycles. The Labute approximate surface area is 102 Å². The Morgan fingerprint density at radius 2 is 2.12 bits per heavy atom. The van der Waals surface area contributed by atoms with Gasteiger partial charge in [0.25, 0.3) is 0 Å². The van der Waals surface area contributed by atoms with Gasteiger partial charge in [0, 0.05) is 5.56 Å². The maximum Gasteiger partial charge on any atom is 0.141 e. The number of hydrogen-bond acceptors (Lipinski definition) is 2. The number of hydrogen-bond donors (Lipinski definition) is 1. The molecule has 0 bridgehead atoms. The topological polar surface area (TPSA) is 43.8 Å². The number of aromatic nitrogens is 2. The molecule has 2 N–H and O–H groups in total. The van der Waals surface area contributed by atoms with Gasteiger partial charge in [-0.1, -0.05) is 11.6 Å². The second kappa shape index (κ2) is 4.33. The summed E-state index contributed by atoms with van der Waals surface area (Å²) in [6.07, 6.45) is 0. The lowest BCUT2D eigenvalue weighted by Gasteiger charge is -2.05. The first-order chi connectivity index (χ1) is 7.99. The van der Waals surface area contributed by atoms with E-state index in [2.05, 4.69) is 5.10 Å². The van der Waals surface area contributed by atoms with Crippen molar-refractivity contribution in [3.8, 4) is 0 Å². The molecule has 6 heteroatoms. The Balaban J connectivity index is 2.37. The van der Waals surface area contributed by atoms with Gasteiger partial charge in [-0.3, -0.25) is 0 Å². The van der Waals surface area contributed by atoms with Crippen LogP contribution in [0.1, 0.15) is 11.3 Å². The average Bonchev–Trinajstić information content (AvgIpc) is 2.52. The van der Waals surface area contributed by atoms with E-state index in [4.69, 9.17) is 17.3 Å². The fraction of sp³-hybridized carbons (Fsp3) is 0.182. The van der Waals surface area contributed by atoms with E-state index in [1.807, 2.05) is 0 Å². The third-order valence-electron chi connectivity index (χ3n) is 2.42. The number of halogens is 3. The van der Waals surface area contributed by atoms with Gasteiger partial charge in [0.15, 0.2) is 0 Å². The third kappa shape index (κ3) is 2.24. The number of anilines is 1. The molecule has 0 radical (unpaired) electrons. The highest BCUT2D eigenvalue weighted by Crippen LogP contribution is 2.23. The van der Waals surface area contributed by atoms with E-state index in [1.54, 1.807) is 6.92 Å². The van der Waals surface area contributed by atoms with E-state index in [0.717, 1.165) is 18.2 Å². The van der Waals surface area contributed by atoms with Gasteiger partial charge in [0.1, 0.15) is 22.5 Å². The second-order valence-electron chi connectivity index (χ2n) is 3.68. The van der Waals surface area contributed by atoms with Gasteiger partial charge >= 0.3 is 0 Å². The monoisotopic (exact) mass is 257 g/mol. The van der Waals surface area contributed by atoms with Crippen molar-refractivity contribution in [2.24, 2.45) is 0 Å². The zero-order valence-electron chi connectivity index (χ0n) is 9.04. The molecule has 90 valence electrons. The zero-order chi connectivity index (χ0) is 12.6. The molecule has 1 aromatic heterocycles. The summed E-state index contributed by atoms with van der Waals surface area (Å²) in [6, 6.07) is 3.24. The highest BCUT2D eigenvalue weighted by atomic mass is 35.5. The molecule has 2 aromatic rings. The molecule has 0 spiro atoms. The van der Waals surface area contributed by atoms with Crippen LogP contribution >= 0.6 is 11.6 Å². The van der Waals surface area contributed by atoms with Crippen LogP contribution in [-0.4, -0.2) is 9.78 Å². The van der Waals surface area contributed by atoms with Crippen LogP contribution in [0, 0.1) is 18.6 Å². The van der Waals surface area contributed by atoms with Crippen molar-refractivity contribution in [2.45, 2.75) is 13.5 Å². The van der Waals surface area contributed by atoms with Crippen LogP contribution in [0.5, 0.6) is 0 Å². The number of nitrogens with two attached hydrogens (primary N) is 1. The number of benzene rings is 1. The molecule has 17 heavy (non-hydrogen) atoms. The molecule has 0 saturated heterocycles. The first-order valence-electron chi connectivity index (χ1n) is 4.91. The molecule has 0 amide bonds. The summed E-state index contributed by atoms with van der Waals surface area (Å²) in [5.74, 6) is -0.766. The lowest BCUT2D eigenvalue weighted by molar-refractivity contribution is 0.567. The molecular formula is C11H10ClF2N3. The van der Waals surface area contributed by atoms with Gasteiger partial charge in [-0.05, 0) is 25.1 Å². The predicted octanol–water partition coefficient (Wildman–Crippen LogP) is 2.75. The van der Waals surface area contributed by atoms with E-state index in [-0.39, 0.29) is 17.9 Å². The molecule has 1 aromatic carbocycles. The predicted molar refractivity (Wildman–Crippen MR) is 61.8 cm³/mol. The quantitative estimate of drug-likeness (QED) is 0.899. The molecule has 0 saturated carbocycles. The van der Waals surface area contributed by atoms with Crippen molar-refractivity contribution >= 4 is 17.4 Å². The lowest BCUT2D eigenvalue weighted by Crippen LogP contribution is -2.07. The SMILES string of the molecule is Cc1nn(Cc2cc(F)ccc2F)c(N)c1Cl. The number of nitrogen functional groups attached to an aromatic ring is 1. The van der Waals surface area contributed by atoms with Gasteiger partial charge in [0.05, 0.1) is 12.2 Å². The summed E-state index contributed by atoms with van der Waals surface area (Å²) >= 11 is 5.86. The highest BCUT2D eigenvalue weighted by Gasteiger charge is 2.12. The molecule has 3 nitrogen and oxygen atoms in total. The molecular weight excluding hydrogens is 248 g/mol. The Hall–Kier alpha value is -1.62. The van der Waals surface area contributed by atoms with E-state index >= 15 is 0 Å². The van der Waals surface area contributed by atoms with Crippen LogP contribution < -0.4 is 5.73 Å². The maximum absolute atomic E-state index is 13.4. The van der Waals surface area contributed by atoms with Crippen LogP contribution in [0.2, 0.25) is 5.02 Å². The number of rotatable bonds is 2. The fourth-order valence-electron chi connectivity index (χ4n) is 1.52. The summed E-state index contributed by atoms with van der Waals surface area (Å²) in [7, 11) is 0. The van der Waals surface area contributed by atoms with Gasteiger partial charge in [-0.25, -0.2) is 13.5 Å². The van der Waals surface area contributed by atoms with E-state index in [0.29, 0.717) is 10.7 Å². The Kier molecular flexibility index (Phi) is 3.02. The lowest BCUT2D eigenvalue weighted by atomic mass is 10.2. The first kappa shape index (κ1) is 11.9. The molecule has 0 atom stereocenters. The van der Waals surface area contributed by atoms with E-state index in [9.17, 15) is 8.78 Å². The molecule has 0 aliphatic heterocycles. The summed E-state index contributed by atoms with van der Waals surface area (Å²) < 4.78 is 27.7. The van der Waals surface area contributed by atoms with Crippen LogP contribution in [0.3, 0.4) is 0 Å². The summed E-state index contributed by atoms with van der Waals surface area (Å²) in [5, 5.41) is 4.38. The number of nitrogens with zero attached hydrogens (tertiary/aromatic N) is 2. The Bertz CT molecular complexity index is 566. The second-order valence-corrected chi connectivity index (χ2v) is 4.06. The van der Waals surface area contributed by atoms with Crippen molar-refractivity contribution in [3.63, 3.8) is 0 Å². The van der Waals surface area contributed by atoms with Crippen LogP contribution in [0.25, 0.3) is 0 Å². The molecule has 2 rings (SSSR count). The van der Waals surface area contributed by atoms with Gasteiger partial charge in [0.2, 0.25) is 0 Å². The minimum atomic E-state index is -0.505. The van der Waals surface area contributed by atoms with Gasteiger partial charge < -0.3 is 5.73 Å². The fourth-order valence-corrected chi connectivity index (χ4v) is 1.66. The number of aryl methyl sites for hydroxylation is 1. The first-order valence-corrected chi connectivity index (χ1v) is 5.29.